The maximum absolute atomic E-state index is 13.1. The Morgan fingerprint density at radius 2 is 1.47 bits per heavy atom. The topological polar surface area (TPSA) is 87.5 Å². The summed E-state index contributed by atoms with van der Waals surface area (Å²) >= 11 is 6.46. The lowest BCUT2D eigenvalue weighted by molar-refractivity contribution is 0.102. The fraction of sp³-hybridized carbons (Fsp3) is 0.240. The highest BCUT2D eigenvalue weighted by molar-refractivity contribution is 6.34. The van der Waals surface area contributed by atoms with Crippen molar-refractivity contribution in [1.29, 1.82) is 0 Å². The van der Waals surface area contributed by atoms with Crippen molar-refractivity contribution in [2.45, 2.75) is 20.8 Å². The Bertz CT molecular complexity index is 1280. The van der Waals surface area contributed by atoms with Crippen LogP contribution in [-0.2, 0) is 0 Å². The summed E-state index contributed by atoms with van der Waals surface area (Å²) in [7, 11) is 0. The summed E-state index contributed by atoms with van der Waals surface area (Å²) in [4.78, 5) is 14.7. The van der Waals surface area contributed by atoms with Crippen LogP contribution < -0.4 is 19.5 Å². The highest BCUT2D eigenvalue weighted by Gasteiger charge is 2.19. The molecule has 4 rings (SSSR count). The third-order valence-corrected chi connectivity index (χ3v) is 5.19. The largest absolute Gasteiger partial charge is 0.490 e. The summed E-state index contributed by atoms with van der Waals surface area (Å²) in [6.45, 7) is 6.86. The Morgan fingerprint density at radius 3 is 2.06 bits per heavy atom. The van der Waals surface area contributed by atoms with Crippen molar-refractivity contribution in [1.82, 2.24) is 15.0 Å². The summed E-state index contributed by atoms with van der Waals surface area (Å²) in [6.07, 6.45) is 0. The van der Waals surface area contributed by atoms with Crippen LogP contribution in [0.25, 0.3) is 16.7 Å². The smallest absolute Gasteiger partial charge is 0.255 e. The average molecular weight is 481 g/mol. The third kappa shape index (κ3) is 4.92. The molecule has 0 atom stereocenters. The minimum Gasteiger partial charge on any atom is -0.490 e. The molecular weight excluding hydrogens is 456 g/mol. The van der Waals surface area contributed by atoms with Gasteiger partial charge >= 0.3 is 0 Å². The van der Waals surface area contributed by atoms with Gasteiger partial charge in [0.05, 0.1) is 36.2 Å². The number of nitrogens with one attached hydrogen (secondary N) is 1. The number of carbonyl (C=O) groups is 1. The lowest BCUT2D eigenvalue weighted by Crippen LogP contribution is -2.13. The van der Waals surface area contributed by atoms with Gasteiger partial charge in [0.25, 0.3) is 5.91 Å². The Balaban J connectivity index is 1.66. The number of fused-ring (bicyclic) bond motifs is 1. The van der Waals surface area contributed by atoms with Crippen LogP contribution in [0.5, 0.6) is 17.2 Å². The molecule has 0 saturated heterocycles. The zero-order valence-corrected chi connectivity index (χ0v) is 19.9. The van der Waals surface area contributed by atoms with Gasteiger partial charge in [-0.3, -0.25) is 4.79 Å². The number of rotatable bonds is 9. The summed E-state index contributed by atoms with van der Waals surface area (Å²) in [5.41, 5.74) is 2.80. The molecule has 0 aliphatic carbocycles. The molecule has 0 spiro atoms. The zero-order valence-electron chi connectivity index (χ0n) is 19.2. The van der Waals surface area contributed by atoms with E-state index in [1.54, 1.807) is 24.3 Å². The predicted molar refractivity (Wildman–Crippen MR) is 132 cm³/mol. The van der Waals surface area contributed by atoms with Gasteiger partial charge in [-0.05, 0) is 57.2 Å². The SMILES string of the molecule is CCOc1cc(C(=O)Nc2cc3nn(-c4ccccc4)nc3cc2Cl)cc(OCC)c1OCC. The number of para-hydroxylation sites is 1. The first-order chi connectivity index (χ1) is 16.5. The van der Waals surface area contributed by atoms with E-state index >= 15 is 0 Å². The van der Waals surface area contributed by atoms with Crippen molar-refractivity contribution in [3.63, 3.8) is 0 Å². The van der Waals surface area contributed by atoms with E-state index in [1.807, 2.05) is 51.1 Å². The Hall–Kier alpha value is -3.78. The molecule has 0 bridgehead atoms. The van der Waals surface area contributed by atoms with E-state index in [2.05, 4.69) is 15.5 Å². The van der Waals surface area contributed by atoms with Crippen molar-refractivity contribution in [3.8, 4) is 22.9 Å². The van der Waals surface area contributed by atoms with E-state index in [4.69, 9.17) is 25.8 Å². The molecule has 0 radical (unpaired) electrons. The number of carbonyl (C=O) groups excluding carboxylic acids is 1. The molecule has 8 nitrogen and oxygen atoms in total. The predicted octanol–water partition coefficient (Wildman–Crippen LogP) is 5.52. The van der Waals surface area contributed by atoms with Crippen LogP contribution in [0.15, 0.2) is 54.6 Å². The lowest BCUT2D eigenvalue weighted by Gasteiger charge is -2.17. The molecule has 0 fully saturated rings. The van der Waals surface area contributed by atoms with Crippen molar-refractivity contribution in [2.24, 2.45) is 0 Å². The van der Waals surface area contributed by atoms with Crippen molar-refractivity contribution >= 4 is 34.2 Å². The summed E-state index contributed by atoms with van der Waals surface area (Å²) in [5.74, 6) is 0.974. The van der Waals surface area contributed by atoms with E-state index in [9.17, 15) is 4.79 Å². The minimum atomic E-state index is -0.373. The molecule has 34 heavy (non-hydrogen) atoms. The van der Waals surface area contributed by atoms with Crippen molar-refractivity contribution < 1.29 is 19.0 Å². The first-order valence-electron chi connectivity index (χ1n) is 11.0. The number of hydrogen-bond donors (Lipinski definition) is 1. The van der Waals surface area contributed by atoms with E-state index in [0.717, 1.165) is 5.69 Å². The molecule has 0 aliphatic rings. The van der Waals surface area contributed by atoms with Crippen molar-refractivity contribution in [3.05, 3.63) is 65.2 Å². The molecule has 0 aliphatic heterocycles. The molecule has 0 unspecified atom stereocenters. The maximum atomic E-state index is 13.1. The number of anilines is 1. The van der Waals surface area contributed by atoms with Crippen LogP contribution in [0.3, 0.4) is 0 Å². The number of benzene rings is 3. The Morgan fingerprint density at radius 1 is 0.882 bits per heavy atom. The maximum Gasteiger partial charge on any atom is 0.255 e. The fourth-order valence-electron chi connectivity index (χ4n) is 3.42. The third-order valence-electron chi connectivity index (χ3n) is 4.88. The highest BCUT2D eigenvalue weighted by atomic mass is 35.5. The molecule has 176 valence electrons. The van der Waals surface area contributed by atoms with Crippen LogP contribution in [0.2, 0.25) is 5.02 Å². The lowest BCUT2D eigenvalue weighted by atomic mass is 10.1. The summed E-state index contributed by atoms with van der Waals surface area (Å²) < 4.78 is 17.1. The van der Waals surface area contributed by atoms with Crippen LogP contribution in [0.4, 0.5) is 5.69 Å². The summed E-state index contributed by atoms with van der Waals surface area (Å²) in [5, 5.41) is 12.2. The highest BCUT2D eigenvalue weighted by Crippen LogP contribution is 2.39. The van der Waals surface area contributed by atoms with E-state index in [1.165, 1.54) is 4.80 Å². The average Bonchev–Trinajstić information content (AvgIpc) is 3.24. The first kappa shape index (κ1) is 23.4. The molecule has 0 saturated carbocycles. The quantitative estimate of drug-likeness (QED) is 0.339. The Kier molecular flexibility index (Phi) is 7.18. The van der Waals surface area contributed by atoms with Gasteiger partial charge in [-0.25, -0.2) is 0 Å². The van der Waals surface area contributed by atoms with E-state index in [-0.39, 0.29) is 5.91 Å². The molecule has 1 aromatic heterocycles. The van der Waals surface area contributed by atoms with E-state index < -0.39 is 0 Å². The molecule has 1 N–H and O–H groups in total. The molecule has 9 heteroatoms. The monoisotopic (exact) mass is 480 g/mol. The second-order valence-corrected chi connectivity index (χ2v) is 7.61. The molecule has 1 heterocycles. The second-order valence-electron chi connectivity index (χ2n) is 7.20. The minimum absolute atomic E-state index is 0.347. The van der Waals surface area contributed by atoms with E-state index in [0.29, 0.717) is 64.4 Å². The van der Waals surface area contributed by atoms with Crippen LogP contribution in [0.1, 0.15) is 31.1 Å². The normalized spacial score (nSPS) is 10.8. The van der Waals surface area contributed by atoms with Gasteiger partial charge in [0.2, 0.25) is 5.75 Å². The molecular formula is C25H25ClN4O4. The van der Waals surface area contributed by atoms with Gasteiger partial charge in [0.1, 0.15) is 11.0 Å². The molecule has 1 amide bonds. The Labute approximate surface area is 202 Å². The van der Waals surface area contributed by atoms with Gasteiger partial charge in [-0.1, -0.05) is 29.8 Å². The van der Waals surface area contributed by atoms with Gasteiger partial charge < -0.3 is 19.5 Å². The molecule has 4 aromatic rings. The van der Waals surface area contributed by atoms with Crippen molar-refractivity contribution in [2.75, 3.05) is 25.1 Å². The van der Waals surface area contributed by atoms with Gasteiger partial charge in [-0.15, -0.1) is 10.2 Å². The first-order valence-corrected chi connectivity index (χ1v) is 11.4. The molecule has 3 aromatic carbocycles. The second kappa shape index (κ2) is 10.4. The van der Waals surface area contributed by atoms with Gasteiger partial charge in [-0.2, -0.15) is 4.80 Å². The van der Waals surface area contributed by atoms with Crippen LogP contribution >= 0.6 is 11.6 Å². The van der Waals surface area contributed by atoms with Gasteiger partial charge in [0.15, 0.2) is 11.5 Å². The van der Waals surface area contributed by atoms with Gasteiger partial charge in [0, 0.05) is 5.56 Å². The number of amides is 1. The number of nitrogens with zero attached hydrogens (tertiary/aromatic N) is 3. The van der Waals surface area contributed by atoms with Crippen LogP contribution in [-0.4, -0.2) is 40.7 Å². The number of aromatic nitrogens is 3. The standard InChI is InChI=1S/C25H25ClN4O4/c1-4-32-22-12-16(13-23(33-5-2)24(22)34-6-3)25(31)27-19-15-21-20(14-18(19)26)28-30(29-21)17-10-8-7-9-11-17/h7-15H,4-6H2,1-3H3,(H,27,31). The zero-order chi connectivity index (χ0) is 24.1. The van der Waals surface area contributed by atoms with Crippen LogP contribution in [0, 0.1) is 0 Å². The number of hydrogen-bond acceptors (Lipinski definition) is 6. The fourth-order valence-corrected chi connectivity index (χ4v) is 3.63. The number of ether oxygens (including phenoxy) is 3. The number of halogens is 1. The summed E-state index contributed by atoms with van der Waals surface area (Å²) in [6, 6.07) is 16.2.